The van der Waals surface area contributed by atoms with E-state index in [1.54, 1.807) is 28.0 Å². The Morgan fingerprint density at radius 3 is 2.77 bits per heavy atom. The van der Waals surface area contributed by atoms with Crippen LogP contribution in [0.25, 0.3) is 15.9 Å². The predicted molar refractivity (Wildman–Crippen MR) is 89.0 cm³/mol. The van der Waals surface area contributed by atoms with E-state index in [1.165, 1.54) is 34.3 Å². The van der Waals surface area contributed by atoms with Crippen molar-refractivity contribution < 1.29 is 4.39 Å². The number of halogens is 1. The Labute approximate surface area is 134 Å². The Bertz CT molecular complexity index is 928. The van der Waals surface area contributed by atoms with E-state index in [1.807, 2.05) is 6.26 Å². The highest BCUT2D eigenvalue weighted by molar-refractivity contribution is 7.98. The van der Waals surface area contributed by atoms with Crippen molar-refractivity contribution in [1.82, 2.24) is 9.55 Å². The van der Waals surface area contributed by atoms with Crippen LogP contribution in [0.5, 0.6) is 0 Å². The van der Waals surface area contributed by atoms with Crippen molar-refractivity contribution in [3.63, 3.8) is 0 Å². The minimum absolute atomic E-state index is 0.0413. The van der Waals surface area contributed by atoms with Gasteiger partial charge < -0.3 is 0 Å². The summed E-state index contributed by atoms with van der Waals surface area (Å²) in [7, 11) is 0. The number of hydrogen-bond donors (Lipinski definition) is 0. The Kier molecular flexibility index (Phi) is 3.31. The molecule has 0 bridgehead atoms. The first-order valence-corrected chi connectivity index (χ1v) is 9.10. The van der Waals surface area contributed by atoms with Crippen LogP contribution in [0.1, 0.15) is 16.9 Å². The predicted octanol–water partition coefficient (Wildman–Crippen LogP) is 3.80. The minimum Gasteiger partial charge on any atom is -0.268 e. The maximum absolute atomic E-state index is 13.2. The first kappa shape index (κ1) is 14.0. The van der Waals surface area contributed by atoms with Crippen LogP contribution >= 0.6 is 23.1 Å². The van der Waals surface area contributed by atoms with Gasteiger partial charge in [-0.25, -0.2) is 9.37 Å². The first-order valence-electron chi connectivity index (χ1n) is 7.06. The summed E-state index contributed by atoms with van der Waals surface area (Å²) in [6.07, 6.45) is 5.00. The van der Waals surface area contributed by atoms with Gasteiger partial charge in [0.1, 0.15) is 10.6 Å². The Hall–Kier alpha value is -1.66. The topological polar surface area (TPSA) is 34.9 Å². The van der Waals surface area contributed by atoms with Crippen LogP contribution in [-0.2, 0) is 12.8 Å². The summed E-state index contributed by atoms with van der Waals surface area (Å²) in [5.41, 5.74) is 1.78. The van der Waals surface area contributed by atoms with E-state index in [4.69, 9.17) is 0 Å². The fourth-order valence-corrected chi connectivity index (χ4v) is 4.84. The number of rotatable bonds is 2. The molecule has 1 aromatic carbocycles. The van der Waals surface area contributed by atoms with E-state index in [2.05, 4.69) is 4.98 Å². The quantitative estimate of drug-likeness (QED) is 0.529. The molecular weight excluding hydrogens is 319 g/mol. The number of thioether (sulfide) groups is 1. The summed E-state index contributed by atoms with van der Waals surface area (Å²) in [5, 5.41) is 1.39. The van der Waals surface area contributed by atoms with E-state index in [9.17, 15) is 9.18 Å². The summed E-state index contributed by atoms with van der Waals surface area (Å²) < 4.78 is 14.8. The Morgan fingerprint density at radius 1 is 1.27 bits per heavy atom. The molecule has 2 heterocycles. The largest absolute Gasteiger partial charge is 0.268 e. The molecule has 0 fully saturated rings. The zero-order chi connectivity index (χ0) is 15.3. The molecule has 4 rings (SSSR count). The number of benzene rings is 1. The van der Waals surface area contributed by atoms with E-state index in [-0.39, 0.29) is 11.4 Å². The van der Waals surface area contributed by atoms with Crippen LogP contribution in [0.3, 0.4) is 0 Å². The molecule has 0 amide bonds. The molecule has 2 aromatic heterocycles. The molecule has 22 heavy (non-hydrogen) atoms. The van der Waals surface area contributed by atoms with Crippen LogP contribution in [-0.4, -0.2) is 15.8 Å². The number of aromatic nitrogens is 2. The maximum Gasteiger partial charge on any atom is 0.267 e. The molecule has 0 N–H and O–H groups in total. The van der Waals surface area contributed by atoms with Gasteiger partial charge >= 0.3 is 0 Å². The molecule has 0 saturated carbocycles. The van der Waals surface area contributed by atoms with Gasteiger partial charge in [-0.05, 0) is 55.3 Å². The summed E-state index contributed by atoms with van der Waals surface area (Å²) in [6.45, 7) is 0. The van der Waals surface area contributed by atoms with Crippen LogP contribution in [0.4, 0.5) is 4.39 Å². The van der Waals surface area contributed by atoms with E-state index in [0.29, 0.717) is 10.8 Å². The summed E-state index contributed by atoms with van der Waals surface area (Å²) in [5.74, 6) is -0.312. The standard InChI is InChI=1S/C16H13FN2OS2/c1-21-16-18-14-13(11-3-2-4-12(11)22-14)15(20)19(16)10-7-5-9(17)6-8-10/h5-8H,2-4H2,1H3. The number of nitrogens with zero attached hydrogens (tertiary/aromatic N) is 2. The average molecular weight is 332 g/mol. The van der Waals surface area contributed by atoms with Crippen LogP contribution < -0.4 is 5.56 Å². The molecule has 0 unspecified atom stereocenters. The second-order valence-corrected chi connectivity index (χ2v) is 7.11. The van der Waals surface area contributed by atoms with Crippen molar-refractivity contribution in [2.45, 2.75) is 24.4 Å². The van der Waals surface area contributed by atoms with Gasteiger partial charge in [-0.1, -0.05) is 11.8 Å². The zero-order valence-electron chi connectivity index (χ0n) is 11.9. The summed E-state index contributed by atoms with van der Waals surface area (Å²) >= 11 is 3.07. The number of thiophene rings is 1. The number of hydrogen-bond acceptors (Lipinski definition) is 4. The molecule has 0 radical (unpaired) electrons. The third-order valence-electron chi connectivity index (χ3n) is 3.98. The van der Waals surface area contributed by atoms with Crippen molar-refractivity contribution in [2.24, 2.45) is 0 Å². The van der Waals surface area contributed by atoms with E-state index >= 15 is 0 Å². The SMILES string of the molecule is CSc1nc2sc3c(c2c(=O)n1-c1ccc(F)cc1)CCC3. The highest BCUT2D eigenvalue weighted by atomic mass is 32.2. The van der Waals surface area contributed by atoms with Gasteiger partial charge in [0.2, 0.25) is 0 Å². The molecule has 1 aliphatic carbocycles. The van der Waals surface area contributed by atoms with Gasteiger partial charge in [-0.15, -0.1) is 11.3 Å². The van der Waals surface area contributed by atoms with Gasteiger partial charge in [0.05, 0.1) is 11.1 Å². The number of fused-ring (bicyclic) bond motifs is 3. The fraction of sp³-hybridized carbons (Fsp3) is 0.250. The monoisotopic (exact) mass is 332 g/mol. The van der Waals surface area contributed by atoms with Gasteiger partial charge in [0, 0.05) is 4.88 Å². The fourth-order valence-electron chi connectivity index (χ4n) is 2.98. The molecule has 6 heteroatoms. The summed E-state index contributed by atoms with van der Waals surface area (Å²) in [4.78, 5) is 19.8. The van der Waals surface area contributed by atoms with Crippen molar-refractivity contribution in [2.75, 3.05) is 6.26 Å². The maximum atomic E-state index is 13.2. The molecule has 3 aromatic rings. The Balaban J connectivity index is 2.06. The van der Waals surface area contributed by atoms with E-state index in [0.717, 1.165) is 29.5 Å². The third-order valence-corrected chi connectivity index (χ3v) is 5.80. The molecule has 0 aliphatic heterocycles. The molecule has 0 spiro atoms. The van der Waals surface area contributed by atoms with Crippen molar-refractivity contribution in [1.29, 1.82) is 0 Å². The highest BCUT2D eigenvalue weighted by Gasteiger charge is 2.23. The smallest absolute Gasteiger partial charge is 0.267 e. The normalized spacial score (nSPS) is 13.7. The van der Waals surface area contributed by atoms with Crippen LogP contribution in [0.15, 0.2) is 34.2 Å². The first-order chi connectivity index (χ1) is 10.7. The highest BCUT2D eigenvalue weighted by Crippen LogP contribution is 2.35. The lowest BCUT2D eigenvalue weighted by Crippen LogP contribution is -2.21. The van der Waals surface area contributed by atoms with Gasteiger partial charge in [0.25, 0.3) is 5.56 Å². The summed E-state index contributed by atoms with van der Waals surface area (Å²) in [6, 6.07) is 5.98. The minimum atomic E-state index is -0.312. The molecule has 0 atom stereocenters. The lowest BCUT2D eigenvalue weighted by atomic mass is 10.2. The van der Waals surface area contributed by atoms with Gasteiger partial charge in [0.15, 0.2) is 5.16 Å². The Morgan fingerprint density at radius 2 is 2.05 bits per heavy atom. The second kappa shape index (κ2) is 5.21. The third kappa shape index (κ3) is 2.01. The van der Waals surface area contributed by atoms with Gasteiger partial charge in [-0.3, -0.25) is 9.36 Å². The van der Waals surface area contributed by atoms with Crippen molar-refractivity contribution >= 4 is 33.3 Å². The molecule has 3 nitrogen and oxygen atoms in total. The molecule has 1 aliphatic rings. The lowest BCUT2D eigenvalue weighted by molar-refractivity contribution is 0.627. The van der Waals surface area contributed by atoms with Crippen LogP contribution in [0.2, 0.25) is 0 Å². The molecule has 112 valence electrons. The van der Waals surface area contributed by atoms with Gasteiger partial charge in [-0.2, -0.15) is 0 Å². The van der Waals surface area contributed by atoms with Crippen molar-refractivity contribution in [3.05, 3.63) is 50.9 Å². The molecule has 0 saturated heterocycles. The van der Waals surface area contributed by atoms with E-state index < -0.39 is 0 Å². The second-order valence-electron chi connectivity index (χ2n) is 5.25. The molecular formula is C16H13FN2OS2. The average Bonchev–Trinajstić information content (AvgIpc) is 3.08. The zero-order valence-corrected chi connectivity index (χ0v) is 13.6. The van der Waals surface area contributed by atoms with Crippen LogP contribution in [0, 0.1) is 5.82 Å². The lowest BCUT2D eigenvalue weighted by Gasteiger charge is -2.11. The van der Waals surface area contributed by atoms with Crippen molar-refractivity contribution in [3.8, 4) is 5.69 Å². The number of aryl methyl sites for hydroxylation is 2.